The van der Waals surface area contributed by atoms with E-state index in [-0.39, 0.29) is 23.5 Å². The second kappa shape index (κ2) is 7.16. The van der Waals surface area contributed by atoms with Crippen molar-refractivity contribution in [3.8, 4) is 6.07 Å². The van der Waals surface area contributed by atoms with Gasteiger partial charge in [-0.2, -0.15) is 10.4 Å². The summed E-state index contributed by atoms with van der Waals surface area (Å²) < 4.78 is 25.3. The first-order chi connectivity index (χ1) is 12.7. The van der Waals surface area contributed by atoms with Crippen molar-refractivity contribution >= 4 is 15.7 Å². The van der Waals surface area contributed by atoms with Gasteiger partial charge in [-0.25, -0.2) is 8.42 Å². The monoisotopic (exact) mass is 386 g/mol. The molecule has 1 aromatic heterocycles. The minimum absolute atomic E-state index is 0.119. The van der Waals surface area contributed by atoms with E-state index in [1.54, 1.807) is 40.9 Å². The zero-order valence-electron chi connectivity index (χ0n) is 15.6. The summed E-state index contributed by atoms with van der Waals surface area (Å²) in [5, 5.41) is 13.4. The maximum absolute atomic E-state index is 12.7. The molecule has 2 heterocycles. The summed E-state index contributed by atoms with van der Waals surface area (Å²) >= 11 is 0. The third kappa shape index (κ3) is 3.88. The summed E-state index contributed by atoms with van der Waals surface area (Å²) in [7, 11) is -1.27. The second-order valence-electron chi connectivity index (χ2n) is 7.00. The predicted molar refractivity (Wildman–Crippen MR) is 101 cm³/mol. The topological polar surface area (TPSA) is 96.1 Å². The van der Waals surface area contributed by atoms with Gasteiger partial charge in [0, 0.05) is 30.4 Å². The average Bonchev–Trinajstić information content (AvgIpc) is 3.14. The number of nitriles is 1. The SMILES string of the molecule is Cc1nn([C@@H]2CCS(=O)(=O)C2)c(C)c1CN(C)C(=O)c1ccc(C#N)cc1. The van der Waals surface area contributed by atoms with Gasteiger partial charge in [0.15, 0.2) is 9.84 Å². The van der Waals surface area contributed by atoms with Gasteiger partial charge < -0.3 is 4.90 Å². The maximum Gasteiger partial charge on any atom is 0.253 e. The standard InChI is InChI=1S/C19H22N4O3S/c1-13-18(14(2)23(21-13)17-8-9-27(25,26)12-17)11-22(3)19(24)16-6-4-15(10-20)5-7-16/h4-7,17H,8-9,11-12H2,1-3H3/t17-/m1/s1. The molecule has 1 atom stereocenters. The summed E-state index contributed by atoms with van der Waals surface area (Å²) in [5.74, 6) is 0.172. The Balaban J connectivity index is 1.79. The molecule has 2 aromatic rings. The molecule has 0 spiro atoms. The van der Waals surface area contributed by atoms with E-state index in [0.29, 0.717) is 24.1 Å². The molecule has 27 heavy (non-hydrogen) atoms. The van der Waals surface area contributed by atoms with E-state index in [9.17, 15) is 13.2 Å². The minimum Gasteiger partial charge on any atom is -0.337 e. The Morgan fingerprint density at radius 3 is 2.56 bits per heavy atom. The zero-order chi connectivity index (χ0) is 19.8. The molecule has 0 saturated carbocycles. The number of sulfone groups is 1. The lowest BCUT2D eigenvalue weighted by Crippen LogP contribution is -2.26. The highest BCUT2D eigenvalue weighted by Gasteiger charge is 2.31. The average molecular weight is 386 g/mol. The van der Waals surface area contributed by atoms with Gasteiger partial charge in [0.05, 0.1) is 34.9 Å². The number of hydrogen-bond donors (Lipinski definition) is 0. The number of carbonyl (C=O) groups excluding carboxylic acids is 1. The molecule has 0 aliphatic carbocycles. The first-order valence-corrected chi connectivity index (χ1v) is 10.5. The molecule has 1 saturated heterocycles. The van der Waals surface area contributed by atoms with E-state index in [2.05, 4.69) is 5.10 Å². The third-order valence-corrected chi connectivity index (χ3v) is 6.78. The van der Waals surface area contributed by atoms with Crippen LogP contribution in [0.15, 0.2) is 24.3 Å². The molecule has 0 unspecified atom stereocenters. The van der Waals surface area contributed by atoms with Crippen LogP contribution in [0.1, 0.15) is 45.3 Å². The van der Waals surface area contributed by atoms with Gasteiger partial charge in [-0.1, -0.05) is 0 Å². The normalized spacial score (nSPS) is 18.2. The molecule has 1 aliphatic heterocycles. The van der Waals surface area contributed by atoms with Gasteiger partial charge in [-0.05, 0) is 44.5 Å². The van der Waals surface area contributed by atoms with Crippen molar-refractivity contribution in [2.24, 2.45) is 0 Å². The van der Waals surface area contributed by atoms with Crippen LogP contribution in [0.4, 0.5) is 0 Å². The van der Waals surface area contributed by atoms with Crippen molar-refractivity contribution in [3.05, 3.63) is 52.3 Å². The molecule has 7 nitrogen and oxygen atoms in total. The Morgan fingerprint density at radius 2 is 2.00 bits per heavy atom. The van der Waals surface area contributed by atoms with E-state index in [4.69, 9.17) is 5.26 Å². The van der Waals surface area contributed by atoms with Crippen molar-refractivity contribution in [1.29, 1.82) is 5.26 Å². The fraction of sp³-hybridized carbons (Fsp3) is 0.421. The van der Waals surface area contributed by atoms with E-state index in [0.717, 1.165) is 17.0 Å². The van der Waals surface area contributed by atoms with Crippen LogP contribution in [0.3, 0.4) is 0 Å². The van der Waals surface area contributed by atoms with Crippen LogP contribution < -0.4 is 0 Å². The highest BCUT2D eigenvalue weighted by atomic mass is 32.2. The first-order valence-electron chi connectivity index (χ1n) is 8.72. The molecule has 3 rings (SSSR count). The molecular formula is C19H22N4O3S. The summed E-state index contributed by atoms with van der Waals surface area (Å²) in [4.78, 5) is 14.3. The summed E-state index contributed by atoms with van der Waals surface area (Å²) in [6.07, 6.45) is 0.573. The minimum atomic E-state index is -2.99. The van der Waals surface area contributed by atoms with E-state index >= 15 is 0 Å². The molecule has 0 radical (unpaired) electrons. The molecule has 1 aromatic carbocycles. The van der Waals surface area contributed by atoms with Crippen LogP contribution in [-0.2, 0) is 16.4 Å². The van der Waals surface area contributed by atoms with E-state index in [1.807, 2.05) is 19.9 Å². The van der Waals surface area contributed by atoms with Crippen LogP contribution >= 0.6 is 0 Å². The lowest BCUT2D eigenvalue weighted by molar-refractivity contribution is 0.0784. The molecule has 142 valence electrons. The maximum atomic E-state index is 12.7. The molecule has 1 amide bonds. The molecular weight excluding hydrogens is 364 g/mol. The van der Waals surface area contributed by atoms with Crippen molar-refractivity contribution in [3.63, 3.8) is 0 Å². The van der Waals surface area contributed by atoms with Gasteiger partial charge in [-0.3, -0.25) is 9.48 Å². The summed E-state index contributed by atoms with van der Waals surface area (Å²) in [6, 6.07) is 8.42. The van der Waals surface area contributed by atoms with Gasteiger partial charge >= 0.3 is 0 Å². The molecule has 0 bridgehead atoms. The van der Waals surface area contributed by atoms with Crippen molar-refractivity contribution in [2.45, 2.75) is 32.9 Å². The lowest BCUT2D eigenvalue weighted by atomic mass is 10.1. The number of carbonyl (C=O) groups is 1. The number of benzene rings is 1. The van der Waals surface area contributed by atoms with Crippen LogP contribution in [0.2, 0.25) is 0 Å². The Kier molecular flexibility index (Phi) is 5.07. The fourth-order valence-electron chi connectivity index (χ4n) is 3.47. The quantitative estimate of drug-likeness (QED) is 0.801. The Labute approximate surface area is 159 Å². The number of rotatable bonds is 4. The van der Waals surface area contributed by atoms with Gasteiger partial charge in [-0.15, -0.1) is 0 Å². The number of aryl methyl sites for hydroxylation is 1. The zero-order valence-corrected chi connectivity index (χ0v) is 16.5. The largest absolute Gasteiger partial charge is 0.337 e. The lowest BCUT2D eigenvalue weighted by Gasteiger charge is -2.18. The Bertz CT molecular complexity index is 1020. The predicted octanol–water partition coefficient (Wildman–Crippen LogP) is 2.00. The second-order valence-corrected chi connectivity index (χ2v) is 9.23. The molecule has 1 aliphatic rings. The molecule has 0 N–H and O–H groups in total. The summed E-state index contributed by atoms with van der Waals surface area (Å²) in [5.41, 5.74) is 3.66. The van der Waals surface area contributed by atoms with Crippen LogP contribution in [0, 0.1) is 25.2 Å². The van der Waals surface area contributed by atoms with Crippen molar-refractivity contribution < 1.29 is 13.2 Å². The highest BCUT2D eigenvalue weighted by Crippen LogP contribution is 2.27. The van der Waals surface area contributed by atoms with Crippen LogP contribution in [-0.4, -0.2) is 47.6 Å². The van der Waals surface area contributed by atoms with E-state index in [1.165, 1.54) is 0 Å². The Morgan fingerprint density at radius 1 is 1.33 bits per heavy atom. The van der Waals surface area contributed by atoms with Crippen molar-refractivity contribution in [1.82, 2.24) is 14.7 Å². The number of hydrogen-bond acceptors (Lipinski definition) is 5. The number of amides is 1. The number of aromatic nitrogens is 2. The molecule has 1 fully saturated rings. The third-order valence-electron chi connectivity index (χ3n) is 5.03. The van der Waals surface area contributed by atoms with Crippen LogP contribution in [0.25, 0.3) is 0 Å². The smallest absolute Gasteiger partial charge is 0.253 e. The highest BCUT2D eigenvalue weighted by molar-refractivity contribution is 7.91. The Hall–Kier alpha value is -2.66. The molecule has 8 heteroatoms. The summed E-state index contributed by atoms with van der Waals surface area (Å²) in [6.45, 7) is 4.18. The van der Waals surface area contributed by atoms with Gasteiger partial charge in [0.25, 0.3) is 5.91 Å². The van der Waals surface area contributed by atoms with Gasteiger partial charge in [0.2, 0.25) is 0 Å². The van der Waals surface area contributed by atoms with Gasteiger partial charge in [0.1, 0.15) is 0 Å². The van der Waals surface area contributed by atoms with Crippen LogP contribution in [0.5, 0.6) is 0 Å². The fourth-order valence-corrected chi connectivity index (χ4v) is 5.16. The first kappa shape index (κ1) is 19.1. The number of nitrogens with zero attached hydrogens (tertiary/aromatic N) is 4. The van der Waals surface area contributed by atoms with Crippen molar-refractivity contribution in [2.75, 3.05) is 18.6 Å². The van der Waals surface area contributed by atoms with E-state index < -0.39 is 9.84 Å².